The molecule has 1 aromatic carbocycles. The number of aromatic nitrogens is 2. The Morgan fingerprint density at radius 2 is 1.92 bits per heavy atom. The maximum atomic E-state index is 12.8. The molecular weight excluding hydrogens is 460 g/mol. The van der Waals surface area contributed by atoms with Gasteiger partial charge in [0, 0.05) is 42.9 Å². The molecule has 10 nitrogen and oxygen atoms in total. The van der Waals surface area contributed by atoms with E-state index in [4.69, 9.17) is 19.4 Å². The van der Waals surface area contributed by atoms with Gasteiger partial charge >= 0.3 is 12.1 Å². The summed E-state index contributed by atoms with van der Waals surface area (Å²) in [6, 6.07) is 7.40. The van der Waals surface area contributed by atoms with Crippen LogP contribution in [0.4, 0.5) is 21.1 Å². The number of benzene rings is 1. The number of urea groups is 1. The maximum absolute atomic E-state index is 12.8. The zero-order valence-corrected chi connectivity index (χ0v) is 21.8. The van der Waals surface area contributed by atoms with Crippen LogP contribution in [0.2, 0.25) is 0 Å². The molecule has 1 aromatic heterocycles. The molecule has 1 atom stereocenters. The number of hydrogen-bond donors (Lipinski definition) is 2. The number of anilines is 2. The van der Waals surface area contributed by atoms with E-state index < -0.39 is 5.60 Å². The smallest absolute Gasteiger partial charge is 0.410 e. The van der Waals surface area contributed by atoms with Gasteiger partial charge in [0.15, 0.2) is 5.82 Å². The third-order valence-electron chi connectivity index (χ3n) is 6.07. The van der Waals surface area contributed by atoms with Gasteiger partial charge in [0.1, 0.15) is 11.4 Å². The molecule has 0 radical (unpaired) electrons. The van der Waals surface area contributed by atoms with Crippen molar-refractivity contribution >= 4 is 23.6 Å². The second-order valence-electron chi connectivity index (χ2n) is 10.1. The fourth-order valence-electron chi connectivity index (χ4n) is 4.33. The van der Waals surface area contributed by atoms with Crippen LogP contribution in [0.15, 0.2) is 24.3 Å². The summed E-state index contributed by atoms with van der Waals surface area (Å²) in [5, 5.41) is 5.53. The monoisotopic (exact) mass is 496 g/mol. The van der Waals surface area contributed by atoms with Crippen LogP contribution in [0.25, 0.3) is 11.4 Å². The summed E-state index contributed by atoms with van der Waals surface area (Å²) in [6.07, 6.45) is 0.292. The molecular formula is C26H36N6O4. The summed E-state index contributed by atoms with van der Waals surface area (Å²) in [4.78, 5) is 38.5. The summed E-state index contributed by atoms with van der Waals surface area (Å²) >= 11 is 0. The number of carbonyl (C=O) groups excluding carboxylic acids is 2. The summed E-state index contributed by atoms with van der Waals surface area (Å²) in [5.41, 5.74) is 2.89. The molecule has 0 saturated carbocycles. The Morgan fingerprint density at radius 1 is 1.17 bits per heavy atom. The lowest BCUT2D eigenvalue weighted by molar-refractivity contribution is 0.0222. The largest absolute Gasteiger partial charge is 0.444 e. The van der Waals surface area contributed by atoms with E-state index >= 15 is 0 Å². The molecule has 0 bridgehead atoms. The lowest BCUT2D eigenvalue weighted by Crippen LogP contribution is -2.46. The number of fused-ring (bicyclic) bond motifs is 1. The van der Waals surface area contributed by atoms with Crippen molar-refractivity contribution in [1.29, 1.82) is 0 Å². The van der Waals surface area contributed by atoms with Crippen molar-refractivity contribution in [3.63, 3.8) is 0 Å². The zero-order valence-electron chi connectivity index (χ0n) is 21.8. The van der Waals surface area contributed by atoms with Crippen molar-refractivity contribution in [2.75, 3.05) is 43.1 Å². The summed E-state index contributed by atoms with van der Waals surface area (Å²) in [6.45, 7) is 13.0. The Balaban J connectivity index is 1.66. The number of ether oxygens (including phenoxy) is 2. The third kappa shape index (κ3) is 6.04. The van der Waals surface area contributed by atoms with E-state index in [2.05, 4.69) is 22.5 Å². The molecule has 2 aliphatic heterocycles. The molecule has 2 aliphatic rings. The van der Waals surface area contributed by atoms with E-state index in [9.17, 15) is 9.59 Å². The molecule has 0 unspecified atom stereocenters. The predicted octanol–water partition coefficient (Wildman–Crippen LogP) is 3.80. The number of carbonyl (C=O) groups is 2. The normalized spacial score (nSPS) is 17.9. The highest BCUT2D eigenvalue weighted by Gasteiger charge is 2.32. The number of morpholine rings is 1. The number of nitrogens with zero attached hydrogens (tertiary/aromatic N) is 4. The van der Waals surface area contributed by atoms with Crippen LogP contribution in [0, 0.1) is 0 Å². The molecule has 36 heavy (non-hydrogen) atoms. The zero-order chi connectivity index (χ0) is 25.9. The molecule has 2 aromatic rings. The van der Waals surface area contributed by atoms with Gasteiger partial charge in [-0.05, 0) is 58.9 Å². The lowest BCUT2D eigenvalue weighted by atomic mass is 10.0. The van der Waals surface area contributed by atoms with Gasteiger partial charge in [0.25, 0.3) is 0 Å². The Kier molecular flexibility index (Phi) is 7.63. The number of amides is 3. The minimum absolute atomic E-state index is 0.145. The quantitative estimate of drug-likeness (QED) is 0.663. The average Bonchev–Trinajstić information content (AvgIpc) is 2.83. The molecule has 4 rings (SSSR count). The first kappa shape index (κ1) is 25.7. The molecule has 1 fully saturated rings. The molecule has 1 saturated heterocycles. The lowest BCUT2D eigenvalue weighted by Gasteiger charge is -2.38. The standard InChI is InChI=1S/C26H36N6O4/c1-6-27-24(33)28-19-9-7-18(8-10-19)22-29-21-11-12-31(25(34)36-26(3,4)5)15-20(21)23(30-22)32-13-14-35-16-17(32)2/h7-10,17H,6,11-16H2,1-5H3,(H2,27,28,33)/t17-/m1/s1. The predicted molar refractivity (Wildman–Crippen MR) is 138 cm³/mol. The summed E-state index contributed by atoms with van der Waals surface area (Å²) in [5.74, 6) is 1.46. The van der Waals surface area contributed by atoms with Gasteiger partial charge in [-0.25, -0.2) is 19.6 Å². The summed E-state index contributed by atoms with van der Waals surface area (Å²) in [7, 11) is 0. The number of rotatable bonds is 4. The molecule has 3 amide bonds. The van der Waals surface area contributed by atoms with Gasteiger partial charge in [0.2, 0.25) is 0 Å². The van der Waals surface area contributed by atoms with Crippen molar-refractivity contribution in [1.82, 2.24) is 20.2 Å². The van der Waals surface area contributed by atoms with Crippen LogP contribution in [0.1, 0.15) is 45.9 Å². The first-order valence-corrected chi connectivity index (χ1v) is 12.5. The van der Waals surface area contributed by atoms with Crippen LogP contribution in [0.5, 0.6) is 0 Å². The Morgan fingerprint density at radius 3 is 2.58 bits per heavy atom. The highest BCUT2D eigenvalue weighted by molar-refractivity contribution is 5.89. The first-order valence-electron chi connectivity index (χ1n) is 12.5. The highest BCUT2D eigenvalue weighted by Crippen LogP contribution is 2.32. The van der Waals surface area contributed by atoms with E-state index in [0.717, 1.165) is 22.6 Å². The van der Waals surface area contributed by atoms with Gasteiger partial charge < -0.3 is 29.9 Å². The minimum atomic E-state index is -0.558. The molecule has 2 N–H and O–H groups in total. The fraction of sp³-hybridized carbons (Fsp3) is 0.538. The van der Waals surface area contributed by atoms with Crippen LogP contribution >= 0.6 is 0 Å². The van der Waals surface area contributed by atoms with E-state index in [1.807, 2.05) is 52.0 Å². The SMILES string of the molecule is CCNC(=O)Nc1ccc(-c2nc3c(c(N4CCOC[C@H]4C)n2)CN(C(=O)OC(C)(C)C)CC3)cc1. The van der Waals surface area contributed by atoms with Gasteiger partial charge in [-0.15, -0.1) is 0 Å². The van der Waals surface area contributed by atoms with Crippen LogP contribution in [0.3, 0.4) is 0 Å². The second-order valence-corrected chi connectivity index (χ2v) is 10.1. The topological polar surface area (TPSA) is 109 Å². The molecule has 0 spiro atoms. The Labute approximate surface area is 212 Å². The highest BCUT2D eigenvalue weighted by atomic mass is 16.6. The van der Waals surface area contributed by atoms with E-state index in [0.29, 0.717) is 57.3 Å². The van der Waals surface area contributed by atoms with E-state index in [1.54, 1.807) is 4.90 Å². The van der Waals surface area contributed by atoms with Crippen molar-refractivity contribution in [2.24, 2.45) is 0 Å². The Hall–Kier alpha value is -3.40. The molecule has 3 heterocycles. The molecule has 194 valence electrons. The van der Waals surface area contributed by atoms with Gasteiger partial charge in [0.05, 0.1) is 31.5 Å². The Bertz CT molecular complexity index is 1100. The van der Waals surface area contributed by atoms with Crippen LogP contribution in [-0.2, 0) is 22.4 Å². The van der Waals surface area contributed by atoms with Crippen molar-refractivity contribution in [2.45, 2.75) is 59.2 Å². The van der Waals surface area contributed by atoms with Crippen LogP contribution in [-0.4, -0.2) is 71.5 Å². The average molecular weight is 497 g/mol. The van der Waals surface area contributed by atoms with Crippen LogP contribution < -0.4 is 15.5 Å². The van der Waals surface area contributed by atoms with Gasteiger partial charge in [-0.1, -0.05) is 0 Å². The van der Waals surface area contributed by atoms with E-state index in [-0.39, 0.29) is 18.2 Å². The number of nitrogens with one attached hydrogen (secondary N) is 2. The van der Waals surface area contributed by atoms with Crippen molar-refractivity contribution in [3.8, 4) is 11.4 Å². The van der Waals surface area contributed by atoms with Gasteiger partial charge in [-0.2, -0.15) is 0 Å². The molecule has 10 heteroatoms. The number of hydrogen-bond acceptors (Lipinski definition) is 7. The van der Waals surface area contributed by atoms with Crippen molar-refractivity contribution < 1.29 is 19.1 Å². The van der Waals surface area contributed by atoms with Gasteiger partial charge in [-0.3, -0.25) is 0 Å². The summed E-state index contributed by atoms with van der Waals surface area (Å²) < 4.78 is 11.3. The van der Waals surface area contributed by atoms with Crippen molar-refractivity contribution in [3.05, 3.63) is 35.5 Å². The van der Waals surface area contributed by atoms with E-state index in [1.165, 1.54) is 0 Å². The molecule has 0 aliphatic carbocycles. The second kappa shape index (κ2) is 10.7. The fourth-order valence-corrected chi connectivity index (χ4v) is 4.33. The minimum Gasteiger partial charge on any atom is -0.444 e. The maximum Gasteiger partial charge on any atom is 0.410 e. The first-order chi connectivity index (χ1) is 17.1. The third-order valence-corrected chi connectivity index (χ3v) is 6.07.